The summed E-state index contributed by atoms with van der Waals surface area (Å²) in [5, 5.41) is 9.49. The van der Waals surface area contributed by atoms with Crippen LogP contribution in [0.25, 0.3) is 0 Å². The maximum atomic E-state index is 13.1. The van der Waals surface area contributed by atoms with Crippen molar-refractivity contribution in [1.82, 2.24) is 20.6 Å². The molecule has 3 N–H and O–H groups in total. The van der Waals surface area contributed by atoms with Gasteiger partial charge in [-0.05, 0) is 145 Å². The molecule has 0 spiro atoms. The molecule has 4 heterocycles. The van der Waals surface area contributed by atoms with Gasteiger partial charge in [0.1, 0.15) is 17.2 Å². The van der Waals surface area contributed by atoms with E-state index < -0.39 is 11.1 Å². The van der Waals surface area contributed by atoms with Gasteiger partial charge in [0, 0.05) is 24.2 Å². The minimum atomic E-state index is -0.565. The van der Waals surface area contributed by atoms with Crippen LogP contribution in [0.5, 0.6) is 0 Å². The zero-order valence-corrected chi connectivity index (χ0v) is 30.2. The van der Waals surface area contributed by atoms with Crippen molar-refractivity contribution >= 4 is 29.3 Å². The van der Waals surface area contributed by atoms with Gasteiger partial charge in [-0.2, -0.15) is 0 Å². The van der Waals surface area contributed by atoms with Crippen LogP contribution in [0.15, 0.2) is 72.8 Å². The summed E-state index contributed by atoms with van der Waals surface area (Å²) in [4.78, 5) is 48.8. The van der Waals surface area contributed by atoms with Crippen LogP contribution in [0.2, 0.25) is 0 Å². The summed E-state index contributed by atoms with van der Waals surface area (Å²) in [6.07, 6.45) is 6.61. The Morgan fingerprint density at radius 2 is 1.23 bits per heavy atom. The van der Waals surface area contributed by atoms with E-state index in [1.165, 1.54) is 48.5 Å². The van der Waals surface area contributed by atoms with E-state index in [-0.39, 0.29) is 35.1 Å². The Labute approximate surface area is 307 Å². The number of rotatable bonds is 6. The van der Waals surface area contributed by atoms with Gasteiger partial charge in [0.25, 0.3) is 11.8 Å². The second-order valence-electron chi connectivity index (χ2n) is 15.2. The van der Waals surface area contributed by atoms with Crippen molar-refractivity contribution in [1.29, 1.82) is 0 Å². The number of carbonyl (C=O) groups excluding carboxylic acids is 3. The molecule has 12 heteroatoms. The average Bonchev–Trinajstić information content (AvgIpc) is 4.09. The van der Waals surface area contributed by atoms with Crippen molar-refractivity contribution in [2.24, 2.45) is 0 Å². The summed E-state index contributed by atoms with van der Waals surface area (Å²) in [6.45, 7) is 7.11. The van der Waals surface area contributed by atoms with Crippen LogP contribution in [-0.2, 0) is 28.7 Å². The van der Waals surface area contributed by atoms with Crippen molar-refractivity contribution in [3.05, 3.63) is 118 Å². The van der Waals surface area contributed by atoms with E-state index in [1.807, 2.05) is 39.0 Å². The Kier molecular flexibility index (Phi) is 9.65. The number of halogens is 2. The van der Waals surface area contributed by atoms with Crippen LogP contribution < -0.4 is 20.9 Å². The Bertz CT molecular complexity index is 2020. The van der Waals surface area contributed by atoms with E-state index in [0.717, 1.165) is 92.1 Å². The molecule has 2 saturated carbocycles. The van der Waals surface area contributed by atoms with Crippen LogP contribution in [0.3, 0.4) is 0 Å². The molecule has 2 aromatic heterocycles. The highest BCUT2D eigenvalue weighted by molar-refractivity contribution is 5.95. The zero-order chi connectivity index (χ0) is 37.4. The number of benzene rings is 2. The first kappa shape index (κ1) is 36.0. The van der Waals surface area contributed by atoms with Gasteiger partial charge in [0.15, 0.2) is 0 Å². The van der Waals surface area contributed by atoms with Crippen LogP contribution >= 0.6 is 0 Å². The molecule has 2 fully saturated rings. The van der Waals surface area contributed by atoms with E-state index in [9.17, 15) is 23.2 Å². The number of aryl methyl sites for hydroxylation is 2. The molecular weight excluding hydrogens is 678 g/mol. The van der Waals surface area contributed by atoms with Gasteiger partial charge in [0.05, 0.1) is 45.2 Å². The first-order valence-corrected chi connectivity index (χ1v) is 18.2. The number of carbonyl (C=O) groups is 3. The largest absolute Gasteiger partial charge is 0.443 e. The Hall–Kier alpha value is -5.39. The fourth-order valence-electron chi connectivity index (χ4n) is 6.74. The number of nitrogens with one attached hydrogen (secondary N) is 3. The minimum Gasteiger partial charge on any atom is -0.443 e. The predicted octanol–water partition coefficient (Wildman–Crippen LogP) is 7.33. The van der Waals surface area contributed by atoms with E-state index in [0.29, 0.717) is 17.7 Å². The number of ether oxygens (including phenoxy) is 1. The quantitative estimate of drug-likeness (QED) is 0.190. The molecule has 53 heavy (non-hydrogen) atoms. The second kappa shape index (κ2) is 14.2. The van der Waals surface area contributed by atoms with Crippen molar-refractivity contribution in [3.63, 3.8) is 0 Å². The fourth-order valence-corrected chi connectivity index (χ4v) is 6.74. The standard InChI is InChI=1S/C23H26FN3O3.C18H18FN3O/c1-22(2,3)30-21(29)27-14-4-5-17-18(27)10-11-19(25-17)23(12-13-23)26-20(28)15-6-8-16(24)9-7-15;19-13-5-3-12(4-6-13)17(23)22-18(9-10-18)16-8-7-14-15(21-16)2-1-11-20-14/h6-11H,4-5,12-14H2,1-3H3,(H,26,28);3-8,20H,1-2,9-11H2,(H,22,23). The maximum absolute atomic E-state index is 13.1. The average molecular weight is 723 g/mol. The van der Waals surface area contributed by atoms with E-state index in [2.05, 4.69) is 22.0 Å². The Morgan fingerprint density at radius 3 is 1.75 bits per heavy atom. The molecule has 0 saturated heterocycles. The number of nitrogens with zero attached hydrogens (tertiary/aromatic N) is 3. The van der Waals surface area contributed by atoms with Gasteiger partial charge in [-0.15, -0.1) is 0 Å². The number of fused-ring (bicyclic) bond motifs is 2. The third-order valence-corrected chi connectivity index (χ3v) is 9.93. The third-order valence-electron chi connectivity index (χ3n) is 9.93. The molecule has 0 unspecified atom stereocenters. The number of aromatic nitrogens is 2. The van der Waals surface area contributed by atoms with Gasteiger partial charge < -0.3 is 20.7 Å². The lowest BCUT2D eigenvalue weighted by Gasteiger charge is -2.31. The summed E-state index contributed by atoms with van der Waals surface area (Å²) in [7, 11) is 0. The first-order valence-electron chi connectivity index (χ1n) is 18.2. The molecule has 8 rings (SSSR count). The SMILES string of the molecule is CC(C)(C)OC(=O)N1CCCc2nc(C3(NC(=O)c4ccc(F)cc4)CC3)ccc21.O=C(NC1(c2ccc3c(n2)CCCN3)CC1)c1ccc(F)cc1. The molecular formula is C41H44F2N6O4. The number of hydrogen-bond acceptors (Lipinski definition) is 7. The van der Waals surface area contributed by atoms with Crippen LogP contribution in [-0.4, -0.2) is 46.6 Å². The molecule has 2 aromatic carbocycles. The predicted molar refractivity (Wildman–Crippen MR) is 197 cm³/mol. The van der Waals surface area contributed by atoms with E-state index in [1.54, 1.807) is 4.90 Å². The van der Waals surface area contributed by atoms with Gasteiger partial charge in [-0.1, -0.05) is 0 Å². The third kappa shape index (κ3) is 8.16. The number of anilines is 2. The van der Waals surface area contributed by atoms with Crippen molar-refractivity contribution in [2.45, 2.75) is 88.8 Å². The molecule has 276 valence electrons. The monoisotopic (exact) mass is 722 g/mol. The van der Waals surface area contributed by atoms with Gasteiger partial charge in [0.2, 0.25) is 0 Å². The molecule has 10 nitrogen and oxygen atoms in total. The van der Waals surface area contributed by atoms with Crippen LogP contribution in [0.1, 0.15) is 103 Å². The summed E-state index contributed by atoms with van der Waals surface area (Å²) < 4.78 is 31.6. The highest BCUT2D eigenvalue weighted by Gasteiger charge is 2.48. The summed E-state index contributed by atoms with van der Waals surface area (Å²) in [5.41, 5.74) is 4.95. The molecule has 2 aliphatic heterocycles. The van der Waals surface area contributed by atoms with Gasteiger partial charge in [-0.25, -0.2) is 13.6 Å². The fraction of sp³-hybridized carbons (Fsp3) is 0.390. The molecule has 0 radical (unpaired) electrons. The number of pyridine rings is 2. The lowest BCUT2D eigenvalue weighted by Crippen LogP contribution is -2.40. The molecule has 4 aliphatic rings. The van der Waals surface area contributed by atoms with Gasteiger partial charge in [-0.3, -0.25) is 24.5 Å². The van der Waals surface area contributed by atoms with Crippen LogP contribution in [0, 0.1) is 11.6 Å². The Morgan fingerprint density at radius 1 is 0.717 bits per heavy atom. The van der Waals surface area contributed by atoms with Gasteiger partial charge >= 0.3 is 6.09 Å². The first-order chi connectivity index (χ1) is 25.3. The topological polar surface area (TPSA) is 126 Å². The zero-order valence-electron chi connectivity index (χ0n) is 30.2. The molecule has 4 aromatic rings. The van der Waals surface area contributed by atoms with Crippen molar-refractivity contribution < 1.29 is 27.9 Å². The molecule has 0 bridgehead atoms. The van der Waals surface area contributed by atoms with E-state index in [4.69, 9.17) is 14.7 Å². The van der Waals surface area contributed by atoms with Crippen LogP contribution in [0.4, 0.5) is 25.0 Å². The highest BCUT2D eigenvalue weighted by atomic mass is 19.1. The lowest BCUT2D eigenvalue weighted by molar-refractivity contribution is 0.0577. The summed E-state index contributed by atoms with van der Waals surface area (Å²) in [6, 6.07) is 18.9. The van der Waals surface area contributed by atoms with Crippen molar-refractivity contribution in [3.8, 4) is 0 Å². The molecule has 2 aliphatic carbocycles. The second-order valence-corrected chi connectivity index (χ2v) is 15.2. The maximum Gasteiger partial charge on any atom is 0.414 e. The highest BCUT2D eigenvalue weighted by Crippen LogP contribution is 2.47. The number of hydrogen-bond donors (Lipinski definition) is 3. The molecule has 0 atom stereocenters. The van der Waals surface area contributed by atoms with E-state index >= 15 is 0 Å². The minimum absolute atomic E-state index is 0.180. The smallest absolute Gasteiger partial charge is 0.414 e. The summed E-state index contributed by atoms with van der Waals surface area (Å²) in [5.74, 6) is -1.15. The lowest BCUT2D eigenvalue weighted by atomic mass is 10.0. The normalized spacial score (nSPS) is 17.4. The number of amides is 3. The Balaban J connectivity index is 0.000000170. The molecule has 3 amide bonds. The summed E-state index contributed by atoms with van der Waals surface area (Å²) >= 11 is 0. The van der Waals surface area contributed by atoms with Crippen molar-refractivity contribution in [2.75, 3.05) is 23.3 Å².